The smallest absolute Gasteiger partial charge is 0.124 e. The zero-order chi connectivity index (χ0) is 10.2. The van der Waals surface area contributed by atoms with E-state index in [-0.39, 0.29) is 5.75 Å². The molecule has 13 heavy (non-hydrogen) atoms. The molecule has 3 heteroatoms. The predicted octanol–water partition coefficient (Wildman–Crippen LogP) is 2.82. The number of hydrogen-bond donors (Lipinski definition) is 2. The number of halogens is 1. The molecule has 1 atom stereocenters. The average molecular weight is 245 g/mol. The van der Waals surface area contributed by atoms with Crippen molar-refractivity contribution in [2.24, 2.45) is 0 Å². The van der Waals surface area contributed by atoms with Crippen LogP contribution in [0.1, 0.15) is 29.7 Å². The van der Waals surface area contributed by atoms with Gasteiger partial charge in [0.25, 0.3) is 0 Å². The Balaban J connectivity index is 3.46. The Morgan fingerprint density at radius 1 is 1.38 bits per heavy atom. The third-order valence-corrected chi connectivity index (χ3v) is 2.98. The standard InChI is InChI=1S/C10H13BrO2/c1-5-4-8(11)6(2)9(7(3)12)10(5)13/h4,7,12-13H,1-3H3. The number of phenolic OH excluding ortho intramolecular Hbond substituents is 1. The van der Waals surface area contributed by atoms with E-state index in [0.29, 0.717) is 5.56 Å². The Hall–Kier alpha value is -0.540. The third-order valence-electron chi connectivity index (χ3n) is 2.15. The molecule has 2 N–H and O–H groups in total. The summed E-state index contributed by atoms with van der Waals surface area (Å²) >= 11 is 3.38. The largest absolute Gasteiger partial charge is 0.507 e. The van der Waals surface area contributed by atoms with Gasteiger partial charge in [-0.1, -0.05) is 15.9 Å². The van der Waals surface area contributed by atoms with E-state index >= 15 is 0 Å². The molecule has 0 aliphatic rings. The lowest BCUT2D eigenvalue weighted by Crippen LogP contribution is -1.98. The summed E-state index contributed by atoms with van der Waals surface area (Å²) in [6, 6.07) is 1.84. The number of hydrogen-bond acceptors (Lipinski definition) is 2. The molecule has 0 radical (unpaired) electrons. The second-order valence-electron chi connectivity index (χ2n) is 3.24. The van der Waals surface area contributed by atoms with Gasteiger partial charge in [-0.3, -0.25) is 0 Å². The van der Waals surface area contributed by atoms with Gasteiger partial charge >= 0.3 is 0 Å². The van der Waals surface area contributed by atoms with Crippen molar-refractivity contribution < 1.29 is 10.2 Å². The Labute approximate surface area is 86.3 Å². The Morgan fingerprint density at radius 2 is 1.92 bits per heavy atom. The minimum Gasteiger partial charge on any atom is -0.507 e. The summed E-state index contributed by atoms with van der Waals surface area (Å²) in [5.74, 6) is 0.190. The summed E-state index contributed by atoms with van der Waals surface area (Å²) in [6.07, 6.45) is -0.642. The summed E-state index contributed by atoms with van der Waals surface area (Å²) in [4.78, 5) is 0. The van der Waals surface area contributed by atoms with E-state index in [4.69, 9.17) is 0 Å². The fraction of sp³-hybridized carbons (Fsp3) is 0.400. The lowest BCUT2D eigenvalue weighted by atomic mass is 10.00. The molecular weight excluding hydrogens is 232 g/mol. The Kier molecular flexibility index (Phi) is 2.98. The number of aliphatic hydroxyl groups excluding tert-OH is 1. The maximum absolute atomic E-state index is 9.69. The highest BCUT2D eigenvalue weighted by Gasteiger charge is 2.15. The van der Waals surface area contributed by atoms with E-state index < -0.39 is 6.10 Å². The van der Waals surface area contributed by atoms with Crippen LogP contribution in [0.4, 0.5) is 0 Å². The quantitative estimate of drug-likeness (QED) is 0.798. The molecule has 0 spiro atoms. The van der Waals surface area contributed by atoms with Gasteiger partial charge in [-0.05, 0) is 38.0 Å². The van der Waals surface area contributed by atoms with Crippen LogP contribution in [0.25, 0.3) is 0 Å². The normalized spacial score (nSPS) is 13.0. The molecule has 0 heterocycles. The fourth-order valence-electron chi connectivity index (χ4n) is 1.40. The van der Waals surface area contributed by atoms with Crippen molar-refractivity contribution in [3.05, 3.63) is 27.2 Å². The summed E-state index contributed by atoms with van der Waals surface area (Å²) in [5.41, 5.74) is 2.26. The van der Waals surface area contributed by atoms with Gasteiger partial charge in [-0.25, -0.2) is 0 Å². The number of aryl methyl sites for hydroxylation is 1. The lowest BCUT2D eigenvalue weighted by Gasteiger charge is -2.14. The van der Waals surface area contributed by atoms with Crippen LogP contribution in [0.3, 0.4) is 0 Å². The molecule has 1 unspecified atom stereocenters. The zero-order valence-corrected chi connectivity index (χ0v) is 9.51. The molecule has 1 rings (SSSR count). The number of rotatable bonds is 1. The van der Waals surface area contributed by atoms with Gasteiger partial charge < -0.3 is 10.2 Å². The van der Waals surface area contributed by atoms with E-state index in [1.807, 2.05) is 19.9 Å². The summed E-state index contributed by atoms with van der Waals surface area (Å²) in [5, 5.41) is 19.1. The number of phenols is 1. The van der Waals surface area contributed by atoms with E-state index in [2.05, 4.69) is 15.9 Å². The van der Waals surface area contributed by atoms with E-state index in [9.17, 15) is 10.2 Å². The molecule has 0 amide bonds. The molecule has 1 aromatic rings. The highest BCUT2D eigenvalue weighted by molar-refractivity contribution is 9.10. The van der Waals surface area contributed by atoms with E-state index in [1.165, 1.54) is 0 Å². The minimum atomic E-state index is -0.642. The van der Waals surface area contributed by atoms with Crippen molar-refractivity contribution in [2.45, 2.75) is 26.9 Å². The maximum Gasteiger partial charge on any atom is 0.124 e. The second-order valence-corrected chi connectivity index (χ2v) is 4.09. The molecule has 0 aliphatic carbocycles. The number of aliphatic hydroxyl groups is 1. The number of benzene rings is 1. The monoisotopic (exact) mass is 244 g/mol. The highest BCUT2D eigenvalue weighted by Crippen LogP contribution is 2.35. The fourth-order valence-corrected chi connectivity index (χ4v) is 1.95. The van der Waals surface area contributed by atoms with Crippen LogP contribution in [-0.4, -0.2) is 10.2 Å². The molecule has 0 aliphatic heterocycles. The highest BCUT2D eigenvalue weighted by atomic mass is 79.9. The molecule has 0 saturated carbocycles. The van der Waals surface area contributed by atoms with E-state index in [0.717, 1.165) is 15.6 Å². The summed E-state index contributed by atoms with van der Waals surface area (Å²) in [6.45, 7) is 5.32. The lowest BCUT2D eigenvalue weighted by molar-refractivity contribution is 0.194. The van der Waals surface area contributed by atoms with Gasteiger partial charge in [0, 0.05) is 10.0 Å². The van der Waals surface area contributed by atoms with Crippen molar-refractivity contribution >= 4 is 15.9 Å². The van der Waals surface area contributed by atoms with Gasteiger partial charge in [0.05, 0.1) is 6.10 Å². The first-order valence-electron chi connectivity index (χ1n) is 4.11. The summed E-state index contributed by atoms with van der Waals surface area (Å²) in [7, 11) is 0. The molecule has 0 aromatic heterocycles. The van der Waals surface area contributed by atoms with Gasteiger partial charge in [0.15, 0.2) is 0 Å². The predicted molar refractivity (Wildman–Crippen MR) is 55.9 cm³/mol. The maximum atomic E-state index is 9.69. The van der Waals surface area contributed by atoms with Crippen LogP contribution in [0, 0.1) is 13.8 Å². The molecule has 0 bridgehead atoms. The Bertz CT molecular complexity index is 306. The van der Waals surface area contributed by atoms with Crippen LogP contribution < -0.4 is 0 Å². The van der Waals surface area contributed by atoms with Gasteiger partial charge in [-0.2, -0.15) is 0 Å². The van der Waals surface area contributed by atoms with Crippen LogP contribution >= 0.6 is 15.9 Å². The van der Waals surface area contributed by atoms with Crippen molar-refractivity contribution in [3.63, 3.8) is 0 Å². The zero-order valence-electron chi connectivity index (χ0n) is 7.93. The SMILES string of the molecule is Cc1cc(Br)c(C)c(C(C)O)c1O. The first-order valence-corrected chi connectivity index (χ1v) is 4.91. The van der Waals surface area contributed by atoms with Crippen LogP contribution in [0.15, 0.2) is 10.5 Å². The van der Waals surface area contributed by atoms with Gasteiger partial charge in [-0.15, -0.1) is 0 Å². The van der Waals surface area contributed by atoms with Crippen molar-refractivity contribution in [2.75, 3.05) is 0 Å². The topological polar surface area (TPSA) is 40.5 Å². The van der Waals surface area contributed by atoms with Crippen LogP contribution in [-0.2, 0) is 0 Å². The molecule has 0 fully saturated rings. The second kappa shape index (κ2) is 3.68. The molecular formula is C10H13BrO2. The number of aromatic hydroxyl groups is 1. The molecule has 0 saturated heterocycles. The third kappa shape index (κ3) is 1.86. The van der Waals surface area contributed by atoms with Crippen molar-refractivity contribution in [3.8, 4) is 5.75 Å². The average Bonchev–Trinajstić information content (AvgIpc) is 2.01. The van der Waals surface area contributed by atoms with Crippen LogP contribution in [0.5, 0.6) is 5.75 Å². The Morgan fingerprint density at radius 3 is 2.38 bits per heavy atom. The molecule has 2 nitrogen and oxygen atoms in total. The van der Waals surface area contributed by atoms with Crippen molar-refractivity contribution in [1.29, 1.82) is 0 Å². The van der Waals surface area contributed by atoms with Crippen molar-refractivity contribution in [1.82, 2.24) is 0 Å². The molecule has 72 valence electrons. The first kappa shape index (κ1) is 10.5. The van der Waals surface area contributed by atoms with Gasteiger partial charge in [0.1, 0.15) is 5.75 Å². The van der Waals surface area contributed by atoms with Crippen LogP contribution in [0.2, 0.25) is 0 Å². The van der Waals surface area contributed by atoms with Gasteiger partial charge in [0.2, 0.25) is 0 Å². The first-order chi connectivity index (χ1) is 5.95. The molecule has 1 aromatic carbocycles. The van der Waals surface area contributed by atoms with E-state index in [1.54, 1.807) is 6.92 Å². The minimum absolute atomic E-state index is 0.190. The summed E-state index contributed by atoms with van der Waals surface area (Å²) < 4.78 is 0.915.